The van der Waals surface area contributed by atoms with Gasteiger partial charge in [-0.15, -0.1) is 0 Å². The first-order chi connectivity index (χ1) is 14.8. The normalized spacial score (nSPS) is 20.8. The second-order valence-corrected chi connectivity index (χ2v) is 7.96. The van der Waals surface area contributed by atoms with Crippen LogP contribution in [0.3, 0.4) is 0 Å². The van der Waals surface area contributed by atoms with Crippen LogP contribution in [-0.2, 0) is 9.47 Å². The van der Waals surface area contributed by atoms with Crippen molar-refractivity contribution in [2.45, 2.75) is 50.7 Å². The number of amides is 1. The number of benzene rings is 1. The monoisotopic (exact) mass is 416 g/mol. The van der Waals surface area contributed by atoms with Crippen molar-refractivity contribution in [2.24, 2.45) is 4.99 Å². The Labute approximate surface area is 180 Å². The number of ether oxygens (including phenoxy) is 2. The smallest absolute Gasteiger partial charge is 0.251 e. The van der Waals surface area contributed by atoms with E-state index in [2.05, 4.69) is 20.5 Å². The van der Waals surface area contributed by atoms with Crippen LogP contribution in [0.5, 0.6) is 0 Å². The Morgan fingerprint density at radius 3 is 2.60 bits per heavy atom. The molecule has 0 radical (unpaired) electrons. The van der Waals surface area contributed by atoms with Crippen molar-refractivity contribution < 1.29 is 14.3 Å². The van der Waals surface area contributed by atoms with Gasteiger partial charge in [0.05, 0.1) is 18.8 Å². The van der Waals surface area contributed by atoms with E-state index in [1.165, 1.54) is 12.8 Å². The number of hydrogen-bond donors (Lipinski definition) is 2. The first kappa shape index (κ1) is 22.6. The Morgan fingerprint density at radius 1 is 1.13 bits per heavy atom. The van der Waals surface area contributed by atoms with E-state index in [4.69, 9.17) is 9.47 Å². The van der Waals surface area contributed by atoms with Crippen LogP contribution in [0.4, 0.5) is 0 Å². The summed E-state index contributed by atoms with van der Waals surface area (Å²) in [5.74, 6) is 0.902. The number of carbonyl (C=O) groups excluding carboxylic acids is 1. The second kappa shape index (κ2) is 12.5. The van der Waals surface area contributed by atoms with Gasteiger partial charge in [-0.1, -0.05) is 18.2 Å². The molecule has 3 rings (SSSR count). The molecule has 30 heavy (non-hydrogen) atoms. The minimum Gasteiger partial charge on any atom is -0.376 e. The van der Waals surface area contributed by atoms with Crippen LogP contribution in [0.15, 0.2) is 35.3 Å². The molecule has 1 unspecified atom stereocenters. The van der Waals surface area contributed by atoms with Crippen LogP contribution in [0.1, 0.15) is 48.9 Å². The Bertz CT molecular complexity index is 654. The molecule has 1 aromatic carbocycles. The van der Waals surface area contributed by atoms with E-state index < -0.39 is 0 Å². The van der Waals surface area contributed by atoms with Gasteiger partial charge in [0.2, 0.25) is 0 Å². The van der Waals surface area contributed by atoms with Crippen molar-refractivity contribution in [3.05, 3.63) is 35.9 Å². The summed E-state index contributed by atoms with van der Waals surface area (Å²) in [7, 11) is 1.82. The largest absolute Gasteiger partial charge is 0.376 e. The van der Waals surface area contributed by atoms with Crippen molar-refractivity contribution in [1.29, 1.82) is 0 Å². The topological polar surface area (TPSA) is 75.2 Å². The molecule has 2 aliphatic rings. The lowest BCUT2D eigenvalue weighted by Crippen LogP contribution is -2.47. The van der Waals surface area contributed by atoms with Crippen LogP contribution < -0.4 is 10.6 Å². The zero-order chi connectivity index (χ0) is 21.0. The maximum Gasteiger partial charge on any atom is 0.251 e. The van der Waals surface area contributed by atoms with Crippen molar-refractivity contribution in [2.75, 3.05) is 46.4 Å². The van der Waals surface area contributed by atoms with Gasteiger partial charge in [-0.05, 0) is 50.7 Å². The van der Waals surface area contributed by atoms with Gasteiger partial charge < -0.3 is 25.0 Å². The van der Waals surface area contributed by atoms with Gasteiger partial charge in [0.1, 0.15) is 0 Å². The van der Waals surface area contributed by atoms with Crippen molar-refractivity contribution in [3.63, 3.8) is 0 Å². The number of hydrogen-bond acceptors (Lipinski definition) is 4. The molecule has 2 heterocycles. The molecule has 2 aliphatic heterocycles. The third-order valence-electron chi connectivity index (χ3n) is 5.70. The molecule has 0 aliphatic carbocycles. The maximum atomic E-state index is 12.0. The number of carbonyl (C=O) groups is 1. The highest BCUT2D eigenvalue weighted by atomic mass is 16.5. The fourth-order valence-electron chi connectivity index (χ4n) is 3.93. The van der Waals surface area contributed by atoms with Gasteiger partial charge in [0, 0.05) is 45.4 Å². The Balaban J connectivity index is 1.27. The summed E-state index contributed by atoms with van der Waals surface area (Å²) < 4.78 is 11.9. The molecule has 0 saturated carbocycles. The highest BCUT2D eigenvalue weighted by Crippen LogP contribution is 2.17. The fraction of sp³-hybridized carbons (Fsp3) is 0.652. The number of aliphatic imine (C=N–C) groups is 1. The number of nitrogens with one attached hydrogen (secondary N) is 2. The molecule has 2 fully saturated rings. The van der Waals surface area contributed by atoms with Gasteiger partial charge in [-0.25, -0.2) is 0 Å². The van der Waals surface area contributed by atoms with Crippen LogP contribution in [0, 0.1) is 0 Å². The van der Waals surface area contributed by atoms with E-state index in [9.17, 15) is 4.79 Å². The van der Waals surface area contributed by atoms with Gasteiger partial charge >= 0.3 is 0 Å². The van der Waals surface area contributed by atoms with Gasteiger partial charge in [-0.2, -0.15) is 0 Å². The Morgan fingerprint density at radius 2 is 1.90 bits per heavy atom. The summed E-state index contributed by atoms with van der Waals surface area (Å²) in [5, 5.41) is 6.37. The number of guanidine groups is 1. The van der Waals surface area contributed by atoms with E-state index in [1.807, 2.05) is 37.4 Å². The summed E-state index contributed by atoms with van der Waals surface area (Å²) in [5.41, 5.74) is 0.696. The minimum absolute atomic E-state index is 0.0271. The lowest BCUT2D eigenvalue weighted by Gasteiger charge is -2.35. The standard InChI is InChI=1S/C23H36N4O3/c1-24-23(26-14-7-13-25-22(28)19-8-3-2-4-9-19)27-15-11-20(12-16-27)30-18-21-10-5-6-17-29-21/h2-4,8-9,20-21H,5-7,10-18H2,1H3,(H,24,26)(H,25,28). The summed E-state index contributed by atoms with van der Waals surface area (Å²) in [4.78, 5) is 18.8. The third-order valence-corrected chi connectivity index (χ3v) is 5.70. The fourth-order valence-corrected chi connectivity index (χ4v) is 3.93. The highest BCUT2D eigenvalue weighted by molar-refractivity contribution is 5.94. The number of nitrogens with zero attached hydrogens (tertiary/aromatic N) is 2. The predicted molar refractivity (Wildman–Crippen MR) is 119 cm³/mol. The molecule has 1 atom stereocenters. The van der Waals surface area contributed by atoms with Crippen LogP contribution >= 0.6 is 0 Å². The van der Waals surface area contributed by atoms with E-state index in [-0.39, 0.29) is 12.0 Å². The Hall–Kier alpha value is -2.12. The maximum absolute atomic E-state index is 12.0. The number of rotatable bonds is 8. The Kier molecular flexibility index (Phi) is 9.44. The summed E-state index contributed by atoms with van der Waals surface area (Å²) in [6, 6.07) is 9.30. The molecule has 7 heteroatoms. The molecular formula is C23H36N4O3. The van der Waals surface area contributed by atoms with Gasteiger partial charge in [-0.3, -0.25) is 9.79 Å². The SMILES string of the molecule is CN=C(NCCCNC(=O)c1ccccc1)N1CCC(OCC2CCCCO2)CC1. The van der Waals surface area contributed by atoms with Crippen LogP contribution in [0.25, 0.3) is 0 Å². The summed E-state index contributed by atoms with van der Waals surface area (Å²) in [6.07, 6.45) is 7.04. The van der Waals surface area contributed by atoms with E-state index >= 15 is 0 Å². The minimum atomic E-state index is -0.0271. The summed E-state index contributed by atoms with van der Waals surface area (Å²) >= 11 is 0. The average molecular weight is 417 g/mol. The lowest BCUT2D eigenvalue weighted by atomic mass is 10.1. The van der Waals surface area contributed by atoms with Gasteiger partial charge in [0.25, 0.3) is 5.91 Å². The molecule has 166 valence electrons. The van der Waals surface area contributed by atoms with Crippen molar-refractivity contribution >= 4 is 11.9 Å². The highest BCUT2D eigenvalue weighted by Gasteiger charge is 2.23. The lowest BCUT2D eigenvalue weighted by molar-refractivity contribution is -0.0721. The second-order valence-electron chi connectivity index (χ2n) is 7.96. The van der Waals surface area contributed by atoms with E-state index in [0.29, 0.717) is 18.2 Å². The molecule has 0 aromatic heterocycles. The third kappa shape index (κ3) is 7.29. The first-order valence-corrected chi connectivity index (χ1v) is 11.3. The average Bonchev–Trinajstić information content (AvgIpc) is 2.81. The zero-order valence-corrected chi connectivity index (χ0v) is 18.1. The molecule has 7 nitrogen and oxygen atoms in total. The van der Waals surface area contributed by atoms with Crippen LogP contribution in [-0.4, -0.2) is 75.4 Å². The molecular weight excluding hydrogens is 380 g/mol. The van der Waals surface area contributed by atoms with Crippen LogP contribution in [0.2, 0.25) is 0 Å². The molecule has 2 N–H and O–H groups in total. The molecule has 0 bridgehead atoms. The van der Waals surface area contributed by atoms with Gasteiger partial charge in [0.15, 0.2) is 5.96 Å². The molecule has 2 saturated heterocycles. The van der Waals surface area contributed by atoms with Crippen molar-refractivity contribution in [1.82, 2.24) is 15.5 Å². The van der Waals surface area contributed by atoms with E-state index in [1.54, 1.807) is 0 Å². The predicted octanol–water partition coefficient (Wildman–Crippen LogP) is 2.43. The quantitative estimate of drug-likeness (QED) is 0.387. The molecule has 1 aromatic rings. The van der Waals surface area contributed by atoms with E-state index in [0.717, 1.165) is 64.5 Å². The van der Waals surface area contributed by atoms with Crippen molar-refractivity contribution in [3.8, 4) is 0 Å². The summed E-state index contributed by atoms with van der Waals surface area (Å²) in [6.45, 7) is 4.91. The molecule has 0 spiro atoms. The molecule has 1 amide bonds. The number of likely N-dealkylation sites (tertiary alicyclic amines) is 1. The zero-order valence-electron chi connectivity index (χ0n) is 18.1. The number of piperidine rings is 1. The first-order valence-electron chi connectivity index (χ1n) is 11.3.